The number of halogens is 3. The number of nitrogens with zero attached hydrogens (tertiary/aromatic N) is 1. The van der Waals surface area contributed by atoms with Gasteiger partial charge in [-0.3, -0.25) is 4.79 Å². The summed E-state index contributed by atoms with van der Waals surface area (Å²) >= 11 is 18.5. The fourth-order valence-corrected chi connectivity index (χ4v) is 3.50. The summed E-state index contributed by atoms with van der Waals surface area (Å²) in [5, 5.41) is 5.31. The summed E-state index contributed by atoms with van der Waals surface area (Å²) in [4.78, 5) is 12.3. The number of hydrogen-bond acceptors (Lipinski definition) is 4. The van der Waals surface area contributed by atoms with Gasteiger partial charge in [0.05, 0.1) is 27.9 Å². The average molecular weight is 492 g/mol. The molecule has 0 saturated heterocycles. The first-order valence-corrected chi connectivity index (χ1v) is 10.9. The molecule has 8 heteroatoms. The van der Waals surface area contributed by atoms with Crippen LogP contribution in [-0.2, 0) is 6.61 Å². The van der Waals surface area contributed by atoms with Crippen LogP contribution in [-0.4, -0.2) is 18.7 Å². The van der Waals surface area contributed by atoms with Gasteiger partial charge in [-0.1, -0.05) is 59.1 Å². The summed E-state index contributed by atoms with van der Waals surface area (Å²) in [6.45, 7) is 4.38. The highest BCUT2D eigenvalue weighted by molar-refractivity contribution is 6.42. The Labute approximate surface area is 201 Å². The van der Waals surface area contributed by atoms with Crippen LogP contribution in [0.2, 0.25) is 15.1 Å². The van der Waals surface area contributed by atoms with Crippen LogP contribution in [0.25, 0.3) is 0 Å². The highest BCUT2D eigenvalue weighted by Gasteiger charge is 2.13. The van der Waals surface area contributed by atoms with E-state index in [9.17, 15) is 4.79 Å². The molecule has 0 unspecified atom stereocenters. The van der Waals surface area contributed by atoms with Crippen LogP contribution in [0.1, 0.15) is 34.0 Å². The van der Waals surface area contributed by atoms with Crippen LogP contribution in [0.5, 0.6) is 11.5 Å². The van der Waals surface area contributed by atoms with Crippen molar-refractivity contribution >= 4 is 46.9 Å². The first-order chi connectivity index (χ1) is 15.4. The second kappa shape index (κ2) is 11.2. The molecule has 3 aromatic rings. The van der Waals surface area contributed by atoms with Crippen molar-refractivity contribution in [3.05, 3.63) is 91.9 Å². The number of carbonyl (C=O) groups excluding carboxylic acids is 1. The van der Waals surface area contributed by atoms with Gasteiger partial charge in [0, 0.05) is 5.56 Å². The van der Waals surface area contributed by atoms with Gasteiger partial charge in [-0.25, -0.2) is 5.43 Å². The van der Waals surface area contributed by atoms with Gasteiger partial charge in [0.15, 0.2) is 11.5 Å². The predicted octanol–water partition coefficient (Wildman–Crippen LogP) is 6.70. The maximum atomic E-state index is 12.3. The lowest BCUT2D eigenvalue weighted by molar-refractivity contribution is 0.0954. The Balaban J connectivity index is 1.74. The minimum absolute atomic E-state index is 0.233. The molecule has 0 aromatic heterocycles. The molecule has 0 aliphatic carbocycles. The van der Waals surface area contributed by atoms with Crippen molar-refractivity contribution in [3.8, 4) is 11.5 Å². The van der Waals surface area contributed by atoms with Gasteiger partial charge < -0.3 is 9.47 Å². The summed E-state index contributed by atoms with van der Waals surface area (Å²) < 4.78 is 11.6. The maximum absolute atomic E-state index is 12.3. The molecule has 1 N–H and O–H groups in total. The number of hydrogen-bond donors (Lipinski definition) is 1. The number of amides is 1. The summed E-state index contributed by atoms with van der Waals surface area (Å²) in [5.74, 6) is 0.574. The quantitative estimate of drug-likeness (QED) is 0.282. The van der Waals surface area contributed by atoms with Crippen LogP contribution >= 0.6 is 34.8 Å². The lowest BCUT2D eigenvalue weighted by atomic mass is 10.1. The largest absolute Gasteiger partial charge is 0.490 e. The lowest BCUT2D eigenvalue weighted by Gasteiger charge is -2.14. The summed E-state index contributed by atoms with van der Waals surface area (Å²) in [5.41, 5.74) is 5.43. The van der Waals surface area contributed by atoms with Crippen LogP contribution < -0.4 is 14.9 Å². The molecule has 166 valence electrons. The fraction of sp³-hybridized carbons (Fsp3) is 0.167. The maximum Gasteiger partial charge on any atom is 0.271 e. The van der Waals surface area contributed by atoms with Crippen LogP contribution in [0.15, 0.2) is 59.7 Å². The van der Waals surface area contributed by atoms with E-state index < -0.39 is 0 Å². The number of benzene rings is 3. The third-order valence-electron chi connectivity index (χ3n) is 4.47. The van der Waals surface area contributed by atoms with Crippen LogP contribution in [0, 0.1) is 6.92 Å². The van der Waals surface area contributed by atoms with Crippen molar-refractivity contribution in [2.24, 2.45) is 5.10 Å². The number of aryl methyl sites for hydroxylation is 1. The highest BCUT2D eigenvalue weighted by atomic mass is 35.5. The molecule has 0 heterocycles. The van der Waals surface area contributed by atoms with Crippen molar-refractivity contribution in [2.45, 2.75) is 20.5 Å². The van der Waals surface area contributed by atoms with Crippen molar-refractivity contribution in [1.29, 1.82) is 0 Å². The highest BCUT2D eigenvalue weighted by Crippen LogP contribution is 2.37. The van der Waals surface area contributed by atoms with Crippen LogP contribution in [0.4, 0.5) is 0 Å². The van der Waals surface area contributed by atoms with E-state index in [2.05, 4.69) is 10.5 Å². The van der Waals surface area contributed by atoms with Crippen molar-refractivity contribution in [3.63, 3.8) is 0 Å². The Bertz CT molecular complexity index is 1150. The van der Waals surface area contributed by atoms with E-state index in [0.29, 0.717) is 44.3 Å². The normalized spacial score (nSPS) is 10.9. The third-order valence-corrected chi connectivity index (χ3v) is 5.49. The first kappa shape index (κ1) is 23.9. The molecule has 1 amide bonds. The zero-order valence-electron chi connectivity index (χ0n) is 17.5. The molecule has 0 bridgehead atoms. The monoisotopic (exact) mass is 490 g/mol. The molecular formula is C24H21Cl3N2O3. The Morgan fingerprint density at radius 1 is 1.00 bits per heavy atom. The molecule has 0 aliphatic rings. The van der Waals surface area contributed by atoms with E-state index in [1.807, 2.05) is 32.0 Å². The van der Waals surface area contributed by atoms with E-state index in [1.165, 1.54) is 6.21 Å². The molecule has 32 heavy (non-hydrogen) atoms. The Hall–Kier alpha value is -2.73. The summed E-state index contributed by atoms with van der Waals surface area (Å²) in [6, 6.07) is 16.0. The zero-order chi connectivity index (χ0) is 23.1. The summed E-state index contributed by atoms with van der Waals surface area (Å²) in [6.07, 6.45) is 1.49. The molecule has 0 radical (unpaired) electrons. The van der Waals surface area contributed by atoms with Crippen molar-refractivity contribution in [2.75, 3.05) is 6.61 Å². The second-order valence-electron chi connectivity index (χ2n) is 6.81. The third kappa shape index (κ3) is 6.16. The zero-order valence-corrected chi connectivity index (χ0v) is 19.8. The number of nitrogens with one attached hydrogen (secondary N) is 1. The topological polar surface area (TPSA) is 59.9 Å². The molecule has 0 spiro atoms. The van der Waals surface area contributed by atoms with Gasteiger partial charge in [-0.15, -0.1) is 0 Å². The van der Waals surface area contributed by atoms with E-state index in [0.717, 1.165) is 11.1 Å². The number of carbonyl (C=O) groups is 1. The first-order valence-electron chi connectivity index (χ1n) is 9.81. The van der Waals surface area contributed by atoms with E-state index in [4.69, 9.17) is 44.3 Å². The average Bonchev–Trinajstić information content (AvgIpc) is 2.76. The van der Waals surface area contributed by atoms with Gasteiger partial charge in [0.25, 0.3) is 5.91 Å². The molecule has 3 aromatic carbocycles. The summed E-state index contributed by atoms with van der Waals surface area (Å²) in [7, 11) is 0. The van der Waals surface area contributed by atoms with Gasteiger partial charge in [-0.05, 0) is 60.9 Å². The van der Waals surface area contributed by atoms with Gasteiger partial charge >= 0.3 is 0 Å². The Morgan fingerprint density at radius 3 is 2.50 bits per heavy atom. The minimum Gasteiger partial charge on any atom is -0.490 e. The van der Waals surface area contributed by atoms with E-state index in [1.54, 1.807) is 36.4 Å². The lowest BCUT2D eigenvalue weighted by Crippen LogP contribution is -2.18. The Morgan fingerprint density at radius 2 is 1.78 bits per heavy atom. The molecular weight excluding hydrogens is 471 g/mol. The van der Waals surface area contributed by atoms with Gasteiger partial charge in [-0.2, -0.15) is 5.10 Å². The van der Waals surface area contributed by atoms with Crippen LogP contribution in [0.3, 0.4) is 0 Å². The predicted molar refractivity (Wildman–Crippen MR) is 130 cm³/mol. The number of hydrazone groups is 1. The van der Waals surface area contributed by atoms with E-state index >= 15 is 0 Å². The molecule has 0 saturated carbocycles. The molecule has 0 fully saturated rings. The standard InChI is InChI=1S/C24H21Cl3N2O3/c1-3-31-22-12-17(13-28-29-24(30)18-7-5-4-6-15(18)2)11-21(27)23(22)32-14-16-8-9-19(25)20(26)10-16/h4-13H,3,14H2,1-2H3,(H,29,30)/b28-13+. The minimum atomic E-state index is -0.294. The second-order valence-corrected chi connectivity index (χ2v) is 8.04. The fourth-order valence-electron chi connectivity index (χ4n) is 2.90. The van der Waals surface area contributed by atoms with Crippen molar-refractivity contribution < 1.29 is 14.3 Å². The number of ether oxygens (including phenoxy) is 2. The molecule has 3 rings (SSSR count). The number of rotatable bonds is 8. The molecule has 0 aliphatic heterocycles. The Kier molecular flexibility index (Phi) is 8.39. The van der Waals surface area contributed by atoms with Gasteiger partial charge in [0.1, 0.15) is 6.61 Å². The van der Waals surface area contributed by atoms with Gasteiger partial charge in [0.2, 0.25) is 0 Å². The molecule has 0 atom stereocenters. The van der Waals surface area contributed by atoms with E-state index in [-0.39, 0.29) is 12.5 Å². The van der Waals surface area contributed by atoms with Crippen molar-refractivity contribution in [1.82, 2.24) is 5.43 Å². The molecule has 5 nitrogen and oxygen atoms in total. The smallest absolute Gasteiger partial charge is 0.271 e. The SMILES string of the molecule is CCOc1cc(/C=N/NC(=O)c2ccccc2C)cc(Cl)c1OCc1ccc(Cl)c(Cl)c1.